The zero-order valence-corrected chi connectivity index (χ0v) is 34.9. The van der Waals surface area contributed by atoms with Gasteiger partial charge in [0.1, 0.15) is 17.8 Å². The first-order chi connectivity index (χ1) is 24.5. The van der Waals surface area contributed by atoms with Crippen molar-refractivity contribution in [1.29, 1.82) is 0 Å². The number of methoxy groups -OCH3 is 1. The zero-order valence-electron chi connectivity index (χ0n) is 34.9. The molecule has 4 rings (SSSR count). The second-order valence-electron chi connectivity index (χ2n) is 18.1. The van der Waals surface area contributed by atoms with Crippen LogP contribution < -0.4 is 5.32 Å². The fraction of sp³-hybridized carbons (Fsp3) is 0.975. The van der Waals surface area contributed by atoms with Crippen molar-refractivity contribution < 1.29 is 53.6 Å². The Kier molecular flexibility index (Phi) is 14.6. The van der Waals surface area contributed by atoms with Crippen molar-refractivity contribution >= 4 is 5.91 Å². The molecule has 0 saturated carbocycles. The van der Waals surface area contributed by atoms with Crippen LogP contribution >= 0.6 is 0 Å². The summed E-state index contributed by atoms with van der Waals surface area (Å²) in [5.74, 6) is -2.26. The van der Waals surface area contributed by atoms with Gasteiger partial charge in [-0.15, -0.1) is 0 Å². The summed E-state index contributed by atoms with van der Waals surface area (Å²) in [5.41, 5.74) is -3.63. The Labute approximate surface area is 318 Å². The van der Waals surface area contributed by atoms with Crippen LogP contribution in [0.25, 0.3) is 0 Å². The standard InChI is InChI=1S/C40H74N2O11/c1-15-16-28-40(12,47)33(44)23(6)31-21(4)18-39(11,53-31)35(52-37-30(43)27(17-22(5)49-37)42(13)20(2)3)24(7)32(25(8)36(46)41-28)51-29-19-38(10,48-14)34(45)26(9)50-29/h20-35,37,43-45,47H,15-19H2,1-14H3,(H,41,46)/t21-,22?,23+,24+,25-,26?,27?,28-,29?,30?,31-,32+,33-,34?,35-,37?,38?,39?,40-/m1/s1. The third-order valence-electron chi connectivity index (χ3n) is 13.4. The van der Waals surface area contributed by atoms with Gasteiger partial charge < -0.3 is 54.2 Å². The molecule has 19 atom stereocenters. The summed E-state index contributed by atoms with van der Waals surface area (Å²) in [6.07, 6.45) is -5.40. The van der Waals surface area contributed by atoms with Crippen LogP contribution in [-0.4, -0.2) is 142 Å². The fourth-order valence-electron chi connectivity index (χ4n) is 9.75. The van der Waals surface area contributed by atoms with Crippen molar-refractivity contribution in [2.24, 2.45) is 23.7 Å². The van der Waals surface area contributed by atoms with E-state index in [2.05, 4.69) is 31.0 Å². The number of likely N-dealkylation sites (N-methyl/N-ethyl adjacent to an activating group) is 1. The van der Waals surface area contributed by atoms with Crippen LogP contribution in [0.3, 0.4) is 0 Å². The van der Waals surface area contributed by atoms with Gasteiger partial charge in [-0.05, 0) is 80.7 Å². The molecule has 1 amide bonds. The summed E-state index contributed by atoms with van der Waals surface area (Å²) in [5, 5.41) is 49.8. The van der Waals surface area contributed by atoms with Crippen LogP contribution in [0.1, 0.15) is 115 Å². The minimum Gasteiger partial charge on any atom is -0.390 e. The number of aliphatic hydroxyl groups is 4. The van der Waals surface area contributed by atoms with E-state index in [1.165, 1.54) is 0 Å². The molecule has 4 saturated heterocycles. The minimum absolute atomic E-state index is 0.0416. The van der Waals surface area contributed by atoms with Crippen molar-refractivity contribution in [3.63, 3.8) is 0 Å². The first-order valence-electron chi connectivity index (χ1n) is 20.2. The molecule has 0 spiro atoms. The van der Waals surface area contributed by atoms with Gasteiger partial charge in [0.15, 0.2) is 12.6 Å². The highest BCUT2D eigenvalue weighted by molar-refractivity contribution is 5.79. The summed E-state index contributed by atoms with van der Waals surface area (Å²) in [6.45, 7) is 23.0. The quantitative estimate of drug-likeness (QED) is 0.233. The van der Waals surface area contributed by atoms with E-state index in [4.69, 9.17) is 28.4 Å². The Morgan fingerprint density at radius 1 is 0.962 bits per heavy atom. The van der Waals surface area contributed by atoms with Crippen molar-refractivity contribution in [2.45, 2.75) is 212 Å². The molecule has 0 aromatic carbocycles. The predicted molar refractivity (Wildman–Crippen MR) is 200 cm³/mol. The number of carbonyl (C=O) groups excluding carboxylic acids is 1. The first-order valence-corrected chi connectivity index (χ1v) is 20.2. The average molecular weight is 759 g/mol. The highest BCUT2D eigenvalue weighted by Gasteiger charge is 2.58. The molecule has 310 valence electrons. The maximum Gasteiger partial charge on any atom is 0.225 e. The SMILES string of the molecule is CCC[C@H]1NC(=O)[C@H](C)[C@@H](OC2CC(C)(OC)C(O)C(C)O2)[C@H](C)[C@@H](OC2OC(C)CC(N(C)C(C)C)C2O)C2(C)C[C@@H](C)[C@@H](O2)[C@H](C)[C@@H](O)[C@]1(C)O. The summed E-state index contributed by atoms with van der Waals surface area (Å²) < 4.78 is 39.3. The largest absolute Gasteiger partial charge is 0.390 e. The Morgan fingerprint density at radius 3 is 2.19 bits per heavy atom. The van der Waals surface area contributed by atoms with Crippen LogP contribution in [0.2, 0.25) is 0 Å². The monoisotopic (exact) mass is 759 g/mol. The summed E-state index contributed by atoms with van der Waals surface area (Å²) in [7, 11) is 3.54. The van der Waals surface area contributed by atoms with Crippen LogP contribution in [0.15, 0.2) is 0 Å². The lowest BCUT2D eigenvalue weighted by Crippen LogP contribution is -2.62. The molecule has 0 aliphatic carbocycles. The average Bonchev–Trinajstić information content (AvgIpc) is 3.41. The molecular weight excluding hydrogens is 684 g/mol. The van der Waals surface area contributed by atoms with Gasteiger partial charge in [-0.3, -0.25) is 9.69 Å². The number of hydrogen-bond donors (Lipinski definition) is 5. The lowest BCUT2D eigenvalue weighted by Gasteiger charge is -2.49. The second-order valence-corrected chi connectivity index (χ2v) is 18.1. The fourth-order valence-corrected chi connectivity index (χ4v) is 9.75. The molecule has 0 aromatic heterocycles. The summed E-state index contributed by atoms with van der Waals surface area (Å²) in [6, 6.07) is -0.806. The topological polar surface area (TPSA) is 169 Å². The summed E-state index contributed by atoms with van der Waals surface area (Å²) in [4.78, 5) is 16.5. The van der Waals surface area contributed by atoms with Crippen LogP contribution in [0.5, 0.6) is 0 Å². The Bertz CT molecular complexity index is 1210. The molecule has 13 nitrogen and oxygen atoms in total. The first kappa shape index (κ1) is 44.7. The van der Waals surface area contributed by atoms with Crippen LogP contribution in [0, 0.1) is 23.7 Å². The van der Waals surface area contributed by atoms with Crippen LogP contribution in [-0.2, 0) is 33.2 Å². The summed E-state index contributed by atoms with van der Waals surface area (Å²) >= 11 is 0. The molecule has 53 heavy (non-hydrogen) atoms. The number of amides is 1. The molecule has 5 N–H and O–H groups in total. The number of carbonyl (C=O) groups is 1. The number of hydrogen-bond acceptors (Lipinski definition) is 12. The second kappa shape index (κ2) is 17.3. The predicted octanol–water partition coefficient (Wildman–Crippen LogP) is 3.36. The minimum atomic E-state index is -1.68. The number of nitrogens with one attached hydrogen (secondary N) is 1. The molecule has 4 aliphatic heterocycles. The molecular formula is C40H74N2O11. The van der Waals surface area contributed by atoms with Gasteiger partial charge >= 0.3 is 0 Å². The van der Waals surface area contributed by atoms with Gasteiger partial charge in [0.05, 0.1) is 59.8 Å². The van der Waals surface area contributed by atoms with Gasteiger partial charge in [-0.25, -0.2) is 0 Å². The smallest absolute Gasteiger partial charge is 0.225 e. The highest BCUT2D eigenvalue weighted by Crippen LogP contribution is 2.47. The highest BCUT2D eigenvalue weighted by atomic mass is 16.7. The van der Waals surface area contributed by atoms with E-state index in [9.17, 15) is 25.2 Å². The normalized spacial score (nSPS) is 50.4. The molecule has 0 radical (unpaired) electrons. The van der Waals surface area contributed by atoms with Crippen molar-refractivity contribution in [2.75, 3.05) is 14.2 Å². The molecule has 0 aromatic rings. The Balaban J connectivity index is 1.85. The Morgan fingerprint density at radius 2 is 1.60 bits per heavy atom. The van der Waals surface area contributed by atoms with E-state index in [1.54, 1.807) is 27.9 Å². The van der Waals surface area contributed by atoms with E-state index in [1.807, 2.05) is 48.6 Å². The zero-order chi connectivity index (χ0) is 40.0. The lowest BCUT2D eigenvalue weighted by molar-refractivity contribution is -0.319. The number of nitrogens with zero attached hydrogens (tertiary/aromatic N) is 1. The van der Waals surface area contributed by atoms with Gasteiger partial charge in [0.2, 0.25) is 5.91 Å². The van der Waals surface area contributed by atoms with E-state index in [0.29, 0.717) is 25.7 Å². The Hall–Kier alpha value is -0.970. The maximum atomic E-state index is 14.4. The number of ether oxygens (including phenoxy) is 6. The van der Waals surface area contributed by atoms with E-state index in [-0.39, 0.29) is 36.4 Å². The van der Waals surface area contributed by atoms with Gasteiger partial charge in [-0.2, -0.15) is 0 Å². The molecule has 4 fully saturated rings. The number of aliphatic hydroxyl groups excluding tert-OH is 3. The maximum absolute atomic E-state index is 14.4. The molecule has 4 aliphatic rings. The van der Waals surface area contributed by atoms with Crippen LogP contribution in [0.4, 0.5) is 0 Å². The molecule has 9 unspecified atom stereocenters. The van der Waals surface area contributed by atoms with Crippen molar-refractivity contribution in [1.82, 2.24) is 10.2 Å². The third kappa shape index (κ3) is 9.11. The van der Waals surface area contributed by atoms with E-state index in [0.717, 1.165) is 0 Å². The van der Waals surface area contributed by atoms with E-state index >= 15 is 0 Å². The number of rotatable bonds is 9. The van der Waals surface area contributed by atoms with Gasteiger partial charge in [0.25, 0.3) is 0 Å². The molecule has 13 heteroatoms. The lowest BCUT2D eigenvalue weighted by atomic mass is 9.75. The van der Waals surface area contributed by atoms with Crippen molar-refractivity contribution in [3.8, 4) is 0 Å². The third-order valence-corrected chi connectivity index (χ3v) is 13.4. The van der Waals surface area contributed by atoms with E-state index < -0.39 is 95.9 Å². The van der Waals surface area contributed by atoms with Gasteiger partial charge in [0, 0.05) is 37.5 Å². The van der Waals surface area contributed by atoms with Gasteiger partial charge in [-0.1, -0.05) is 41.0 Å². The van der Waals surface area contributed by atoms with Crippen molar-refractivity contribution in [3.05, 3.63) is 0 Å². The molecule has 2 bridgehead atoms. The molecule has 4 heterocycles. The number of fused-ring (bicyclic) bond motifs is 2.